The molecule has 0 radical (unpaired) electrons. The van der Waals surface area contributed by atoms with Gasteiger partial charge in [0.2, 0.25) is 0 Å². The van der Waals surface area contributed by atoms with Crippen molar-refractivity contribution in [3.63, 3.8) is 0 Å². The summed E-state index contributed by atoms with van der Waals surface area (Å²) in [5.74, 6) is 0. The molecular weight excluding hydrogens is 312 g/mol. The van der Waals surface area contributed by atoms with Crippen LogP contribution < -0.4 is 10.5 Å². The van der Waals surface area contributed by atoms with E-state index >= 15 is 0 Å². The van der Waals surface area contributed by atoms with E-state index in [0.717, 1.165) is 38.3 Å². The molecule has 1 saturated heterocycles. The highest BCUT2D eigenvalue weighted by atomic mass is 35.5. The summed E-state index contributed by atoms with van der Waals surface area (Å²) in [6.45, 7) is 5.79. The van der Waals surface area contributed by atoms with E-state index in [9.17, 15) is 4.79 Å². The zero-order valence-electron chi connectivity index (χ0n) is 13.2. The molecule has 1 aliphatic heterocycles. The lowest BCUT2D eigenvalue weighted by Gasteiger charge is -2.40. The molecule has 1 atom stereocenters. The Labute approximate surface area is 140 Å². The molecule has 1 N–H and O–H groups in total. The zero-order valence-corrected chi connectivity index (χ0v) is 14.0. The molecule has 2 aromatic rings. The van der Waals surface area contributed by atoms with E-state index in [-0.39, 0.29) is 10.6 Å². The van der Waals surface area contributed by atoms with Gasteiger partial charge in [-0.25, -0.2) is 5.10 Å². The number of benzene rings is 1. The second-order valence-electron chi connectivity index (χ2n) is 5.76. The first kappa shape index (κ1) is 16.0. The maximum Gasteiger partial charge on any atom is 0.285 e. The van der Waals surface area contributed by atoms with Crippen molar-refractivity contribution < 1.29 is 0 Å². The fourth-order valence-corrected chi connectivity index (χ4v) is 3.46. The molecule has 122 valence electrons. The number of nitrogens with zero attached hydrogens (tertiary/aromatic N) is 3. The molecule has 6 heteroatoms. The Hall–Kier alpha value is -1.85. The topological polar surface area (TPSA) is 52.2 Å². The Morgan fingerprint density at radius 1 is 1.22 bits per heavy atom. The summed E-state index contributed by atoms with van der Waals surface area (Å²) >= 11 is 6.11. The van der Waals surface area contributed by atoms with Crippen LogP contribution in [-0.4, -0.2) is 41.3 Å². The summed E-state index contributed by atoms with van der Waals surface area (Å²) in [6, 6.07) is 11.1. The van der Waals surface area contributed by atoms with E-state index in [1.807, 2.05) is 0 Å². The Balaban J connectivity index is 1.70. The van der Waals surface area contributed by atoms with Crippen molar-refractivity contribution in [1.82, 2.24) is 15.1 Å². The van der Waals surface area contributed by atoms with E-state index in [2.05, 4.69) is 57.3 Å². The number of halogens is 1. The summed E-state index contributed by atoms with van der Waals surface area (Å²) in [5.41, 5.74) is 1.75. The van der Waals surface area contributed by atoms with Gasteiger partial charge in [-0.1, -0.05) is 48.9 Å². The van der Waals surface area contributed by atoms with Crippen LogP contribution in [0.2, 0.25) is 5.02 Å². The maximum atomic E-state index is 11.6. The monoisotopic (exact) mass is 332 g/mol. The number of hydrogen-bond acceptors (Lipinski definition) is 4. The van der Waals surface area contributed by atoms with Gasteiger partial charge < -0.3 is 4.90 Å². The number of rotatable bonds is 4. The van der Waals surface area contributed by atoms with Crippen LogP contribution in [-0.2, 0) is 0 Å². The number of hydrogen-bond donors (Lipinski definition) is 1. The number of anilines is 1. The van der Waals surface area contributed by atoms with Crippen molar-refractivity contribution in [2.75, 3.05) is 31.1 Å². The Morgan fingerprint density at radius 3 is 2.57 bits per heavy atom. The van der Waals surface area contributed by atoms with Gasteiger partial charge in [0, 0.05) is 32.2 Å². The number of H-pyrrole nitrogens is 1. The smallest absolute Gasteiger partial charge is 0.285 e. The third-order valence-electron chi connectivity index (χ3n) is 4.44. The van der Waals surface area contributed by atoms with Crippen molar-refractivity contribution in [2.45, 2.75) is 19.4 Å². The molecule has 0 spiro atoms. The molecule has 1 fully saturated rings. The molecule has 1 unspecified atom stereocenters. The van der Waals surface area contributed by atoms with Crippen LogP contribution >= 0.6 is 11.6 Å². The predicted molar refractivity (Wildman–Crippen MR) is 93.1 cm³/mol. The van der Waals surface area contributed by atoms with E-state index in [0.29, 0.717) is 6.04 Å². The number of aromatic nitrogens is 2. The van der Waals surface area contributed by atoms with Crippen LogP contribution in [0.3, 0.4) is 0 Å². The van der Waals surface area contributed by atoms with Gasteiger partial charge in [-0.2, -0.15) is 5.10 Å². The number of piperazine rings is 1. The molecule has 3 rings (SSSR count). The largest absolute Gasteiger partial charge is 0.366 e. The quantitative estimate of drug-likeness (QED) is 0.935. The molecular formula is C17H21ClN4O. The summed E-state index contributed by atoms with van der Waals surface area (Å²) in [4.78, 5) is 16.2. The first-order valence-electron chi connectivity index (χ1n) is 7.98. The highest BCUT2D eigenvalue weighted by Gasteiger charge is 2.25. The second-order valence-corrected chi connectivity index (χ2v) is 6.13. The minimum Gasteiger partial charge on any atom is -0.366 e. The number of aromatic amines is 1. The van der Waals surface area contributed by atoms with E-state index in [1.165, 1.54) is 5.56 Å². The molecule has 0 amide bonds. The minimum absolute atomic E-state index is 0.226. The molecule has 1 aromatic carbocycles. The maximum absolute atomic E-state index is 11.6. The third-order valence-corrected chi connectivity index (χ3v) is 4.81. The van der Waals surface area contributed by atoms with Crippen molar-refractivity contribution in [3.8, 4) is 0 Å². The number of nitrogens with one attached hydrogen (secondary N) is 1. The van der Waals surface area contributed by atoms with E-state index < -0.39 is 0 Å². The SMILES string of the molecule is CCC(c1ccccc1)N1CCN(c2cn[nH]c(=O)c2Cl)CC1. The van der Waals surface area contributed by atoms with Gasteiger partial charge in [0.15, 0.2) is 0 Å². The molecule has 0 bridgehead atoms. The lowest BCUT2D eigenvalue weighted by Crippen LogP contribution is -2.48. The highest BCUT2D eigenvalue weighted by molar-refractivity contribution is 6.32. The lowest BCUT2D eigenvalue weighted by molar-refractivity contribution is 0.181. The molecule has 23 heavy (non-hydrogen) atoms. The Kier molecular flexibility index (Phi) is 4.98. The molecule has 1 aromatic heterocycles. The van der Waals surface area contributed by atoms with Gasteiger partial charge in [0.05, 0.1) is 11.9 Å². The molecule has 1 aliphatic rings. The average molecular weight is 333 g/mol. The molecule has 0 aliphatic carbocycles. The standard InChI is InChI=1S/C17H21ClN4O/c1-2-14(13-6-4-3-5-7-13)21-8-10-22(11-9-21)15-12-19-20-17(23)16(15)18/h3-7,12,14H,2,8-11H2,1H3,(H,20,23). The van der Waals surface area contributed by atoms with Crippen LogP contribution in [0.1, 0.15) is 24.9 Å². The first-order chi connectivity index (χ1) is 11.2. The lowest BCUT2D eigenvalue weighted by atomic mass is 10.0. The predicted octanol–water partition coefficient (Wildman–Crippen LogP) is 2.70. The van der Waals surface area contributed by atoms with Crippen LogP contribution in [0.5, 0.6) is 0 Å². The summed E-state index contributed by atoms with van der Waals surface area (Å²) in [7, 11) is 0. The Bertz CT molecular complexity index is 695. The van der Waals surface area contributed by atoms with Crippen molar-refractivity contribution >= 4 is 17.3 Å². The summed E-state index contributed by atoms with van der Waals surface area (Å²) < 4.78 is 0. The Morgan fingerprint density at radius 2 is 1.91 bits per heavy atom. The third kappa shape index (κ3) is 3.41. The molecule has 0 saturated carbocycles. The molecule has 2 heterocycles. The minimum atomic E-state index is -0.331. The van der Waals surface area contributed by atoms with Gasteiger partial charge in [-0.15, -0.1) is 0 Å². The van der Waals surface area contributed by atoms with E-state index in [1.54, 1.807) is 6.20 Å². The summed E-state index contributed by atoms with van der Waals surface area (Å²) in [6.07, 6.45) is 2.71. The zero-order chi connectivity index (χ0) is 16.2. The second kappa shape index (κ2) is 7.15. The highest BCUT2D eigenvalue weighted by Crippen LogP contribution is 2.27. The van der Waals surface area contributed by atoms with Crippen molar-refractivity contribution in [1.29, 1.82) is 0 Å². The average Bonchev–Trinajstić information content (AvgIpc) is 2.60. The van der Waals surface area contributed by atoms with Gasteiger partial charge in [0.1, 0.15) is 5.02 Å². The van der Waals surface area contributed by atoms with Crippen LogP contribution in [0.25, 0.3) is 0 Å². The normalized spacial score (nSPS) is 17.2. The van der Waals surface area contributed by atoms with Crippen molar-refractivity contribution in [2.24, 2.45) is 0 Å². The van der Waals surface area contributed by atoms with Crippen LogP contribution in [0.4, 0.5) is 5.69 Å². The van der Waals surface area contributed by atoms with Crippen LogP contribution in [0.15, 0.2) is 41.3 Å². The fourth-order valence-electron chi connectivity index (χ4n) is 3.25. The van der Waals surface area contributed by atoms with E-state index in [4.69, 9.17) is 11.6 Å². The van der Waals surface area contributed by atoms with Crippen molar-refractivity contribution in [3.05, 3.63) is 57.5 Å². The van der Waals surface area contributed by atoms with Crippen LogP contribution in [0, 0.1) is 0 Å². The van der Waals surface area contributed by atoms with Gasteiger partial charge >= 0.3 is 0 Å². The van der Waals surface area contributed by atoms with Gasteiger partial charge in [-0.3, -0.25) is 9.69 Å². The van der Waals surface area contributed by atoms with Gasteiger partial charge in [-0.05, 0) is 12.0 Å². The summed E-state index contributed by atoms with van der Waals surface area (Å²) in [5, 5.41) is 6.45. The molecule has 5 nitrogen and oxygen atoms in total. The fraction of sp³-hybridized carbons (Fsp3) is 0.412. The van der Waals surface area contributed by atoms with Gasteiger partial charge in [0.25, 0.3) is 5.56 Å². The first-order valence-corrected chi connectivity index (χ1v) is 8.35.